The number of likely N-dealkylation sites (N-methyl/N-ethyl adjacent to an activating group) is 1. The molecule has 1 fully saturated rings. The molecule has 0 aromatic carbocycles. The highest BCUT2D eigenvalue weighted by atomic mass is 16.6. The van der Waals surface area contributed by atoms with E-state index in [0.717, 1.165) is 13.0 Å². The Hall–Kier alpha value is -0.570. The Morgan fingerprint density at radius 2 is 1.65 bits per heavy atom. The van der Waals surface area contributed by atoms with E-state index in [4.69, 9.17) is 4.74 Å². The Bertz CT molecular complexity index is 214. The average Bonchev–Trinajstić information content (AvgIpc) is 3.15. The van der Waals surface area contributed by atoms with Crippen molar-refractivity contribution >= 4 is 5.91 Å². The number of carbonyl (C=O) groups excluding carboxylic acids is 1. The molecule has 0 saturated carbocycles. The lowest BCUT2D eigenvalue weighted by molar-refractivity contribution is -0.131. The Balaban J connectivity index is 1.84. The van der Waals surface area contributed by atoms with Crippen LogP contribution >= 0.6 is 0 Å². The molecule has 1 unspecified atom stereocenters. The highest BCUT2D eigenvalue weighted by Crippen LogP contribution is 2.13. The second-order valence-electron chi connectivity index (χ2n) is 5.06. The molecule has 1 aliphatic heterocycles. The first-order valence-corrected chi connectivity index (χ1v) is 7.12. The van der Waals surface area contributed by atoms with Gasteiger partial charge in [0.2, 0.25) is 0 Å². The van der Waals surface area contributed by atoms with Crippen molar-refractivity contribution in [2.75, 3.05) is 20.2 Å². The summed E-state index contributed by atoms with van der Waals surface area (Å²) in [5, 5.41) is 0. The molecule has 3 nitrogen and oxygen atoms in total. The molecule has 0 aromatic rings. The first kappa shape index (κ1) is 14.5. The molecule has 0 N–H and O–H groups in total. The summed E-state index contributed by atoms with van der Waals surface area (Å²) in [5.74, 6) is 0.160. The number of hydrogen-bond acceptors (Lipinski definition) is 2. The first-order chi connectivity index (χ1) is 8.25. The summed E-state index contributed by atoms with van der Waals surface area (Å²) in [7, 11) is 1.88. The smallest absolute Gasteiger partial charge is 0.253 e. The Kier molecular flexibility index (Phi) is 7.25. The highest BCUT2D eigenvalue weighted by Gasteiger charge is 2.33. The van der Waals surface area contributed by atoms with Crippen molar-refractivity contribution in [2.45, 2.75) is 64.4 Å². The van der Waals surface area contributed by atoms with Gasteiger partial charge < -0.3 is 9.64 Å². The Labute approximate surface area is 106 Å². The second-order valence-corrected chi connectivity index (χ2v) is 5.06. The average molecular weight is 241 g/mol. The van der Waals surface area contributed by atoms with E-state index in [0.29, 0.717) is 6.61 Å². The van der Waals surface area contributed by atoms with E-state index in [9.17, 15) is 4.79 Å². The number of hydrogen-bond donors (Lipinski definition) is 0. The number of rotatable bonds is 10. The van der Waals surface area contributed by atoms with Crippen LogP contribution in [0.4, 0.5) is 0 Å². The minimum atomic E-state index is -0.117. The minimum absolute atomic E-state index is 0.117. The van der Waals surface area contributed by atoms with Crippen LogP contribution < -0.4 is 0 Å². The molecule has 3 heteroatoms. The van der Waals surface area contributed by atoms with Crippen LogP contribution in [0.5, 0.6) is 0 Å². The third-order valence-electron chi connectivity index (χ3n) is 3.33. The lowest BCUT2D eigenvalue weighted by atomic mass is 10.1. The summed E-state index contributed by atoms with van der Waals surface area (Å²) < 4.78 is 4.98. The molecule has 0 radical (unpaired) electrons. The van der Waals surface area contributed by atoms with E-state index in [-0.39, 0.29) is 12.0 Å². The summed E-state index contributed by atoms with van der Waals surface area (Å²) in [6.07, 6.45) is 10.4. The van der Waals surface area contributed by atoms with Crippen LogP contribution in [0.15, 0.2) is 0 Å². The van der Waals surface area contributed by atoms with Gasteiger partial charge in [-0.3, -0.25) is 4.79 Å². The van der Waals surface area contributed by atoms with Crippen molar-refractivity contribution in [1.29, 1.82) is 0 Å². The summed E-state index contributed by atoms with van der Waals surface area (Å²) in [6.45, 7) is 3.75. The molecule has 17 heavy (non-hydrogen) atoms. The van der Waals surface area contributed by atoms with Crippen LogP contribution in [-0.4, -0.2) is 37.1 Å². The molecule has 1 saturated heterocycles. The second kappa shape index (κ2) is 8.51. The van der Waals surface area contributed by atoms with E-state index in [1.165, 1.54) is 44.9 Å². The molecule has 1 atom stereocenters. The van der Waals surface area contributed by atoms with Crippen molar-refractivity contribution < 1.29 is 9.53 Å². The topological polar surface area (TPSA) is 32.8 Å². The highest BCUT2D eigenvalue weighted by molar-refractivity contribution is 5.82. The Morgan fingerprint density at radius 1 is 1.12 bits per heavy atom. The van der Waals surface area contributed by atoms with Gasteiger partial charge in [0.15, 0.2) is 6.10 Å². The van der Waals surface area contributed by atoms with Gasteiger partial charge in [-0.05, 0) is 6.42 Å². The maximum absolute atomic E-state index is 11.5. The summed E-state index contributed by atoms with van der Waals surface area (Å²) in [5.41, 5.74) is 0. The molecule has 1 rings (SSSR count). The van der Waals surface area contributed by atoms with Gasteiger partial charge >= 0.3 is 0 Å². The number of carbonyl (C=O) groups is 1. The van der Waals surface area contributed by atoms with Crippen LogP contribution in [0.1, 0.15) is 58.3 Å². The predicted molar refractivity (Wildman–Crippen MR) is 70.0 cm³/mol. The monoisotopic (exact) mass is 241 g/mol. The van der Waals surface area contributed by atoms with Crippen molar-refractivity contribution in [3.05, 3.63) is 0 Å². The van der Waals surface area contributed by atoms with Crippen LogP contribution in [-0.2, 0) is 9.53 Å². The molecule has 100 valence electrons. The Morgan fingerprint density at radius 3 is 2.18 bits per heavy atom. The van der Waals surface area contributed by atoms with Crippen LogP contribution in [0.3, 0.4) is 0 Å². The molecule has 0 spiro atoms. The normalized spacial score (nSPS) is 18.1. The van der Waals surface area contributed by atoms with E-state index >= 15 is 0 Å². The molecular formula is C14H27NO2. The van der Waals surface area contributed by atoms with Crippen LogP contribution in [0.2, 0.25) is 0 Å². The van der Waals surface area contributed by atoms with E-state index in [2.05, 4.69) is 6.92 Å². The van der Waals surface area contributed by atoms with Crippen molar-refractivity contribution in [2.24, 2.45) is 0 Å². The minimum Gasteiger partial charge on any atom is -0.363 e. The van der Waals surface area contributed by atoms with Crippen LogP contribution in [0.25, 0.3) is 0 Å². The maximum atomic E-state index is 11.5. The number of ether oxygens (including phenoxy) is 1. The molecule has 1 aliphatic rings. The summed E-state index contributed by atoms with van der Waals surface area (Å²) in [6, 6.07) is 0. The number of amides is 1. The van der Waals surface area contributed by atoms with Gasteiger partial charge in [0.25, 0.3) is 5.91 Å². The quantitative estimate of drug-likeness (QED) is 0.435. The predicted octanol–water partition coefficient (Wildman–Crippen LogP) is 2.98. The molecule has 1 amide bonds. The lowest BCUT2D eigenvalue weighted by Crippen LogP contribution is -2.31. The molecule has 0 aliphatic carbocycles. The zero-order valence-electron chi connectivity index (χ0n) is 11.4. The number of nitrogens with zero attached hydrogens (tertiary/aromatic N) is 1. The van der Waals surface area contributed by atoms with E-state index in [1.807, 2.05) is 11.9 Å². The van der Waals surface area contributed by atoms with Crippen molar-refractivity contribution in [3.63, 3.8) is 0 Å². The third kappa shape index (κ3) is 6.67. The zero-order valence-corrected chi connectivity index (χ0v) is 11.4. The van der Waals surface area contributed by atoms with Gasteiger partial charge in [-0.15, -0.1) is 0 Å². The zero-order chi connectivity index (χ0) is 12.5. The maximum Gasteiger partial charge on any atom is 0.253 e. The van der Waals surface area contributed by atoms with Gasteiger partial charge in [0.05, 0.1) is 6.61 Å². The fourth-order valence-electron chi connectivity index (χ4n) is 2.03. The molecule has 1 heterocycles. The first-order valence-electron chi connectivity index (χ1n) is 7.12. The van der Waals surface area contributed by atoms with Gasteiger partial charge in [-0.1, -0.05) is 51.9 Å². The lowest BCUT2D eigenvalue weighted by Gasteiger charge is -2.15. The van der Waals surface area contributed by atoms with Crippen molar-refractivity contribution in [1.82, 2.24) is 4.90 Å². The van der Waals surface area contributed by atoms with Crippen LogP contribution in [0, 0.1) is 0 Å². The van der Waals surface area contributed by atoms with E-state index < -0.39 is 0 Å². The number of unbranched alkanes of at least 4 members (excludes halogenated alkanes) is 7. The van der Waals surface area contributed by atoms with E-state index in [1.54, 1.807) is 0 Å². The summed E-state index contributed by atoms with van der Waals surface area (Å²) in [4.78, 5) is 13.4. The molecule has 0 aromatic heterocycles. The molecule has 0 bridgehead atoms. The standard InChI is InChI=1S/C14H27NO2/c1-3-4-5-6-7-8-9-10-11-15(2)14(16)13-12-17-13/h13H,3-12H2,1-2H3. The summed E-state index contributed by atoms with van der Waals surface area (Å²) >= 11 is 0. The largest absolute Gasteiger partial charge is 0.363 e. The van der Waals surface area contributed by atoms with Gasteiger partial charge in [0.1, 0.15) is 0 Å². The fourth-order valence-corrected chi connectivity index (χ4v) is 2.03. The van der Waals surface area contributed by atoms with Crippen molar-refractivity contribution in [3.8, 4) is 0 Å². The SMILES string of the molecule is CCCCCCCCCCN(C)C(=O)C1CO1. The van der Waals surface area contributed by atoms with Gasteiger partial charge in [-0.2, -0.15) is 0 Å². The van der Waals surface area contributed by atoms with Gasteiger partial charge in [-0.25, -0.2) is 0 Å². The number of epoxide rings is 1. The molecular weight excluding hydrogens is 214 g/mol. The van der Waals surface area contributed by atoms with Gasteiger partial charge in [0, 0.05) is 13.6 Å². The fraction of sp³-hybridized carbons (Fsp3) is 0.929. The third-order valence-corrected chi connectivity index (χ3v) is 3.33.